The molecule has 1 fully saturated rings. The Morgan fingerprint density at radius 2 is 2.16 bits per heavy atom. The third kappa shape index (κ3) is 4.31. The van der Waals surface area contributed by atoms with E-state index >= 15 is 0 Å². The van der Waals surface area contributed by atoms with Gasteiger partial charge in [-0.2, -0.15) is 5.10 Å². The third-order valence-electron chi connectivity index (χ3n) is 7.34. The number of benzene rings is 1. The second-order valence-corrected chi connectivity index (χ2v) is 10.1. The Bertz CT molecular complexity index is 1510. The first-order valence-corrected chi connectivity index (χ1v) is 12.9. The Morgan fingerprint density at radius 1 is 1.37 bits per heavy atom. The molecular weight excluding hydrogens is 506 g/mol. The van der Waals surface area contributed by atoms with E-state index in [2.05, 4.69) is 40.3 Å². The normalized spacial score (nSPS) is 20.3. The summed E-state index contributed by atoms with van der Waals surface area (Å²) >= 11 is 6.62. The van der Waals surface area contributed by atoms with Gasteiger partial charge in [0.15, 0.2) is 5.69 Å². The molecule has 1 saturated heterocycles. The number of amides is 2. The van der Waals surface area contributed by atoms with Gasteiger partial charge in [-0.3, -0.25) is 9.59 Å². The summed E-state index contributed by atoms with van der Waals surface area (Å²) in [6.07, 6.45) is 3.87. The number of aromatic nitrogens is 4. The Balaban J connectivity index is 1.53. The van der Waals surface area contributed by atoms with Gasteiger partial charge < -0.3 is 25.3 Å². The van der Waals surface area contributed by atoms with Crippen LogP contribution in [0.25, 0.3) is 11.0 Å². The molecule has 3 atom stereocenters. The average molecular weight is 536 g/mol. The largest absolute Gasteiger partial charge is 0.383 e. The number of carbonyl (C=O) groups excluding carboxylic acids is 2. The Labute approximate surface area is 225 Å². The summed E-state index contributed by atoms with van der Waals surface area (Å²) < 4.78 is 9.24. The lowest BCUT2D eigenvalue weighted by molar-refractivity contribution is -0.127. The number of rotatable bonds is 6. The maximum Gasteiger partial charge on any atom is 0.255 e. The number of nitrogens with zero attached hydrogens (tertiary/aromatic N) is 5. The molecule has 4 heterocycles. The molecule has 2 aliphatic rings. The van der Waals surface area contributed by atoms with Crippen molar-refractivity contribution in [3.05, 3.63) is 52.5 Å². The number of hydrogen-bond acceptors (Lipinski definition) is 6. The van der Waals surface area contributed by atoms with Gasteiger partial charge in [0.2, 0.25) is 5.91 Å². The Morgan fingerprint density at radius 3 is 2.84 bits per heavy atom. The number of likely N-dealkylation sites (tertiary alicyclic amines) is 1. The quantitative estimate of drug-likeness (QED) is 0.370. The SMILES string of the molecule is C=CC(=O)N1C[C@@H](n2nc(C#Cc3cc4nc5n(c4cc3Cl)[C@@H](C)CC5)c(C(N)=O)c2NC)C[C@@H]1COC. The minimum Gasteiger partial charge on any atom is -0.383 e. The van der Waals surface area contributed by atoms with Crippen molar-refractivity contribution in [2.24, 2.45) is 5.73 Å². The van der Waals surface area contributed by atoms with E-state index in [1.165, 1.54) is 6.08 Å². The van der Waals surface area contributed by atoms with Crippen molar-refractivity contribution in [2.75, 3.05) is 32.6 Å². The zero-order valence-electron chi connectivity index (χ0n) is 21.6. The van der Waals surface area contributed by atoms with Crippen LogP contribution in [0.3, 0.4) is 0 Å². The van der Waals surface area contributed by atoms with Gasteiger partial charge in [-0.25, -0.2) is 9.67 Å². The van der Waals surface area contributed by atoms with E-state index in [1.54, 1.807) is 23.7 Å². The van der Waals surface area contributed by atoms with Crippen LogP contribution in [0.5, 0.6) is 0 Å². The van der Waals surface area contributed by atoms with Crippen LogP contribution in [0.2, 0.25) is 5.02 Å². The zero-order valence-corrected chi connectivity index (χ0v) is 22.4. The third-order valence-corrected chi connectivity index (χ3v) is 7.65. The predicted octanol–water partition coefficient (Wildman–Crippen LogP) is 2.91. The van der Waals surface area contributed by atoms with E-state index in [1.807, 2.05) is 12.1 Å². The van der Waals surface area contributed by atoms with Crippen LogP contribution in [0.1, 0.15) is 59.3 Å². The molecule has 198 valence electrons. The molecule has 1 aromatic carbocycles. The molecule has 2 aromatic heterocycles. The summed E-state index contributed by atoms with van der Waals surface area (Å²) in [5.41, 5.74) is 8.59. The summed E-state index contributed by atoms with van der Waals surface area (Å²) in [6, 6.07) is 3.77. The van der Waals surface area contributed by atoms with Crippen molar-refractivity contribution in [3.63, 3.8) is 0 Å². The van der Waals surface area contributed by atoms with Crippen LogP contribution in [0.15, 0.2) is 24.8 Å². The van der Waals surface area contributed by atoms with Crippen LogP contribution >= 0.6 is 11.6 Å². The average Bonchev–Trinajstić information content (AvgIpc) is 3.64. The molecule has 0 radical (unpaired) electrons. The molecule has 0 aliphatic carbocycles. The standard InChI is InChI=1S/C27H30ClN7O3/c1-5-24(36)33-13-17(11-18(33)14-38-4)35-27(30-3)25(26(29)37)20(32-35)8-7-16-10-21-22(12-19(16)28)34-15(2)6-9-23(34)31-21/h5,10,12,15,17-18,30H,1,6,9,11,13-14H2,2-4H3,(H2,29,37)/t15-,17-,18+/m0/s1. The van der Waals surface area contributed by atoms with Crippen molar-refractivity contribution in [3.8, 4) is 11.8 Å². The molecular formula is C27H30ClN7O3. The van der Waals surface area contributed by atoms with E-state index in [0.29, 0.717) is 42.0 Å². The van der Waals surface area contributed by atoms with E-state index in [9.17, 15) is 9.59 Å². The van der Waals surface area contributed by atoms with Gasteiger partial charge >= 0.3 is 0 Å². The molecule has 0 saturated carbocycles. The number of halogens is 1. The van der Waals surface area contributed by atoms with Gasteiger partial charge in [0.25, 0.3) is 5.91 Å². The van der Waals surface area contributed by atoms with Gasteiger partial charge in [0.1, 0.15) is 17.2 Å². The molecule has 2 aliphatic heterocycles. The van der Waals surface area contributed by atoms with E-state index < -0.39 is 5.91 Å². The molecule has 5 rings (SSSR count). The van der Waals surface area contributed by atoms with Crippen LogP contribution in [0, 0.1) is 11.8 Å². The van der Waals surface area contributed by atoms with Crippen LogP contribution < -0.4 is 11.1 Å². The maximum atomic E-state index is 12.5. The molecule has 3 N–H and O–H groups in total. The van der Waals surface area contributed by atoms with Crippen molar-refractivity contribution in [1.82, 2.24) is 24.2 Å². The first kappa shape index (κ1) is 25.8. The Hall–Kier alpha value is -3.81. The molecule has 10 nitrogen and oxygen atoms in total. The first-order chi connectivity index (χ1) is 18.3. The number of methoxy groups -OCH3 is 1. The monoisotopic (exact) mass is 535 g/mol. The van der Waals surface area contributed by atoms with E-state index in [0.717, 1.165) is 29.7 Å². The molecule has 2 amide bonds. The first-order valence-electron chi connectivity index (χ1n) is 12.5. The lowest BCUT2D eigenvalue weighted by Crippen LogP contribution is -2.37. The van der Waals surface area contributed by atoms with Gasteiger partial charge in [0.05, 0.1) is 34.7 Å². The van der Waals surface area contributed by atoms with Gasteiger partial charge in [-0.1, -0.05) is 24.1 Å². The molecule has 3 aromatic rings. The minimum absolute atomic E-state index is 0.152. The fourth-order valence-corrected chi connectivity index (χ4v) is 5.79. The van der Waals surface area contributed by atoms with Gasteiger partial charge in [0, 0.05) is 38.7 Å². The highest BCUT2D eigenvalue weighted by atomic mass is 35.5. The minimum atomic E-state index is -0.656. The number of carbonyl (C=O) groups is 2. The second kappa shape index (κ2) is 10.2. The summed E-state index contributed by atoms with van der Waals surface area (Å²) in [4.78, 5) is 31.4. The molecule has 38 heavy (non-hydrogen) atoms. The second-order valence-electron chi connectivity index (χ2n) is 9.68. The number of ether oxygens (including phenoxy) is 1. The number of anilines is 1. The van der Waals surface area contributed by atoms with Crippen molar-refractivity contribution in [2.45, 2.75) is 44.3 Å². The molecule has 0 spiro atoms. The number of nitrogens with two attached hydrogens (primary N) is 1. The molecule has 11 heteroatoms. The highest BCUT2D eigenvalue weighted by molar-refractivity contribution is 6.32. The molecule has 0 bridgehead atoms. The summed E-state index contributed by atoms with van der Waals surface area (Å²) in [5, 5.41) is 8.21. The fourth-order valence-electron chi connectivity index (χ4n) is 5.59. The summed E-state index contributed by atoms with van der Waals surface area (Å²) in [6.45, 7) is 6.54. The fraction of sp³-hybridized carbons (Fsp3) is 0.407. The summed E-state index contributed by atoms with van der Waals surface area (Å²) in [5.74, 6) is 6.73. The number of aryl methyl sites for hydroxylation is 1. The van der Waals surface area contributed by atoms with E-state index in [-0.39, 0.29) is 29.2 Å². The van der Waals surface area contributed by atoms with Crippen molar-refractivity contribution < 1.29 is 14.3 Å². The molecule has 0 unspecified atom stereocenters. The number of primary amides is 1. The number of hydrogen-bond donors (Lipinski definition) is 2. The van der Waals surface area contributed by atoms with Gasteiger partial charge in [-0.05, 0) is 43.9 Å². The van der Waals surface area contributed by atoms with Crippen LogP contribution in [0.4, 0.5) is 5.82 Å². The van der Waals surface area contributed by atoms with Gasteiger partial charge in [-0.15, -0.1) is 0 Å². The number of fused-ring (bicyclic) bond motifs is 3. The smallest absolute Gasteiger partial charge is 0.255 e. The Kier molecular flexibility index (Phi) is 6.90. The van der Waals surface area contributed by atoms with Crippen LogP contribution in [-0.4, -0.2) is 69.4 Å². The van der Waals surface area contributed by atoms with E-state index in [4.69, 9.17) is 27.1 Å². The number of imidazole rings is 1. The maximum absolute atomic E-state index is 12.5. The van der Waals surface area contributed by atoms with Crippen molar-refractivity contribution in [1.29, 1.82) is 0 Å². The lowest BCUT2D eigenvalue weighted by Gasteiger charge is -2.22. The topological polar surface area (TPSA) is 120 Å². The predicted molar refractivity (Wildman–Crippen MR) is 145 cm³/mol. The van der Waals surface area contributed by atoms with Crippen molar-refractivity contribution >= 4 is 40.3 Å². The zero-order chi connectivity index (χ0) is 27.1. The lowest BCUT2D eigenvalue weighted by atomic mass is 10.1. The highest BCUT2D eigenvalue weighted by Crippen LogP contribution is 2.34. The highest BCUT2D eigenvalue weighted by Gasteiger charge is 2.38. The summed E-state index contributed by atoms with van der Waals surface area (Å²) in [7, 11) is 3.28. The number of nitrogens with one attached hydrogen (secondary N) is 1. The van der Waals surface area contributed by atoms with Crippen LogP contribution in [-0.2, 0) is 16.0 Å².